The summed E-state index contributed by atoms with van der Waals surface area (Å²) in [5, 5.41) is 12.9. The van der Waals surface area contributed by atoms with E-state index in [0.29, 0.717) is 79.2 Å². The lowest BCUT2D eigenvalue weighted by atomic mass is 9.85. The summed E-state index contributed by atoms with van der Waals surface area (Å²) in [4.78, 5) is 22.1. The molecule has 0 aliphatic carbocycles. The SMILES string of the molecule is C[C@@H]1OC(c2ccc(OCCCO)cc2)=N[C@]1(Cc1ccccc1N=[N+]=[N-])C(=O)NNCCc1ccc(OCc2ccccc2)c(OCc2ccccc2)c1. The first-order valence-electron chi connectivity index (χ1n) is 18.2. The van der Waals surface area contributed by atoms with Crippen LogP contribution in [0.4, 0.5) is 5.69 Å². The molecule has 1 aliphatic rings. The molecule has 0 saturated carbocycles. The summed E-state index contributed by atoms with van der Waals surface area (Å²) in [6.07, 6.45) is 0.547. The highest BCUT2D eigenvalue weighted by molar-refractivity contribution is 6.00. The van der Waals surface area contributed by atoms with Gasteiger partial charge < -0.3 is 24.1 Å². The number of aliphatic hydroxyl groups excluding tert-OH is 1. The van der Waals surface area contributed by atoms with Crippen molar-refractivity contribution in [3.05, 3.63) is 166 Å². The van der Waals surface area contributed by atoms with Crippen LogP contribution in [0, 0.1) is 0 Å². The largest absolute Gasteiger partial charge is 0.494 e. The van der Waals surface area contributed by atoms with Gasteiger partial charge in [-0.3, -0.25) is 10.2 Å². The zero-order chi connectivity index (χ0) is 38.3. The van der Waals surface area contributed by atoms with E-state index < -0.39 is 17.6 Å². The van der Waals surface area contributed by atoms with Crippen LogP contribution < -0.4 is 25.1 Å². The van der Waals surface area contributed by atoms with Crippen LogP contribution in [0.25, 0.3) is 10.4 Å². The van der Waals surface area contributed by atoms with Gasteiger partial charge in [-0.25, -0.2) is 10.4 Å². The molecule has 0 bridgehead atoms. The van der Waals surface area contributed by atoms with Gasteiger partial charge in [0.25, 0.3) is 5.91 Å². The lowest BCUT2D eigenvalue weighted by Gasteiger charge is -2.28. The van der Waals surface area contributed by atoms with E-state index in [9.17, 15) is 10.3 Å². The monoisotopic (exact) mass is 740 g/mol. The molecule has 3 N–H and O–H groups in total. The molecule has 55 heavy (non-hydrogen) atoms. The molecule has 2 atom stereocenters. The van der Waals surface area contributed by atoms with Crippen molar-refractivity contribution >= 4 is 17.5 Å². The fourth-order valence-corrected chi connectivity index (χ4v) is 6.11. The number of ether oxygens (including phenoxy) is 4. The lowest BCUT2D eigenvalue weighted by Crippen LogP contribution is -2.56. The lowest BCUT2D eigenvalue weighted by molar-refractivity contribution is -0.129. The second-order valence-corrected chi connectivity index (χ2v) is 13.0. The Morgan fingerprint density at radius 2 is 1.53 bits per heavy atom. The van der Waals surface area contributed by atoms with Crippen molar-refractivity contribution < 1.29 is 28.8 Å². The van der Waals surface area contributed by atoms with E-state index >= 15 is 0 Å². The first kappa shape index (κ1) is 38.4. The minimum atomic E-state index is -1.39. The minimum absolute atomic E-state index is 0.0472. The minimum Gasteiger partial charge on any atom is -0.494 e. The number of benzene rings is 5. The summed E-state index contributed by atoms with van der Waals surface area (Å²) < 4.78 is 24.4. The van der Waals surface area contributed by atoms with Gasteiger partial charge in [0.1, 0.15) is 25.1 Å². The number of carbonyl (C=O) groups is 1. The first-order chi connectivity index (χ1) is 27.0. The van der Waals surface area contributed by atoms with E-state index in [2.05, 4.69) is 20.9 Å². The smallest absolute Gasteiger partial charge is 0.266 e. The third kappa shape index (κ3) is 10.2. The van der Waals surface area contributed by atoms with Crippen molar-refractivity contribution in [2.45, 2.75) is 51.0 Å². The maximum Gasteiger partial charge on any atom is 0.266 e. The topological polar surface area (TPSA) is 159 Å². The normalized spacial score (nSPS) is 16.0. The van der Waals surface area contributed by atoms with E-state index in [1.54, 1.807) is 31.2 Å². The molecule has 6 rings (SSSR count). The maximum atomic E-state index is 14.2. The fraction of sp³-hybridized carbons (Fsp3) is 0.256. The van der Waals surface area contributed by atoms with Crippen LogP contribution in [0.5, 0.6) is 17.2 Å². The van der Waals surface area contributed by atoms with Gasteiger partial charge in [-0.05, 0) is 77.5 Å². The summed E-state index contributed by atoms with van der Waals surface area (Å²) in [5.41, 5.74) is 18.6. The van der Waals surface area contributed by atoms with Crippen molar-refractivity contribution in [2.24, 2.45) is 10.1 Å². The second-order valence-electron chi connectivity index (χ2n) is 13.0. The van der Waals surface area contributed by atoms with Crippen LogP contribution in [0.15, 0.2) is 138 Å². The van der Waals surface area contributed by atoms with Crippen molar-refractivity contribution in [2.75, 3.05) is 19.8 Å². The Bertz CT molecular complexity index is 2090. The predicted molar refractivity (Wildman–Crippen MR) is 210 cm³/mol. The Morgan fingerprint density at radius 3 is 2.22 bits per heavy atom. The molecule has 5 aromatic rings. The highest BCUT2D eigenvalue weighted by Crippen LogP contribution is 2.35. The Morgan fingerprint density at radius 1 is 0.855 bits per heavy atom. The van der Waals surface area contributed by atoms with E-state index in [1.165, 1.54) is 0 Å². The number of amides is 1. The maximum absolute atomic E-state index is 14.2. The second kappa shape index (κ2) is 19.1. The number of hydrogen-bond acceptors (Lipinski definition) is 9. The average molecular weight is 741 g/mol. The van der Waals surface area contributed by atoms with E-state index in [4.69, 9.17) is 29.0 Å². The highest BCUT2D eigenvalue weighted by atomic mass is 16.5. The molecule has 0 aromatic heterocycles. The van der Waals surface area contributed by atoms with Gasteiger partial charge >= 0.3 is 0 Å². The molecule has 0 unspecified atom stereocenters. The van der Waals surface area contributed by atoms with Gasteiger partial charge in [0.15, 0.2) is 17.0 Å². The van der Waals surface area contributed by atoms with E-state index in [1.807, 2.05) is 103 Å². The number of nitrogens with one attached hydrogen (secondary N) is 2. The molecule has 5 aromatic carbocycles. The number of azide groups is 1. The summed E-state index contributed by atoms with van der Waals surface area (Å²) in [7, 11) is 0. The molecule has 1 aliphatic heterocycles. The van der Waals surface area contributed by atoms with Crippen molar-refractivity contribution in [1.29, 1.82) is 0 Å². The number of rotatable bonds is 19. The highest BCUT2D eigenvalue weighted by Gasteiger charge is 2.50. The molecule has 282 valence electrons. The summed E-state index contributed by atoms with van der Waals surface area (Å²) in [5.74, 6) is 1.82. The number of carbonyl (C=O) groups excluding carboxylic acids is 1. The van der Waals surface area contributed by atoms with Gasteiger partial charge in [0, 0.05) is 42.2 Å². The quantitative estimate of drug-likeness (QED) is 0.0259. The van der Waals surface area contributed by atoms with Crippen molar-refractivity contribution in [3.8, 4) is 17.2 Å². The summed E-state index contributed by atoms with van der Waals surface area (Å²) >= 11 is 0. The van der Waals surface area contributed by atoms with Crippen LogP contribution in [-0.4, -0.2) is 48.3 Å². The van der Waals surface area contributed by atoms with Crippen LogP contribution in [0.2, 0.25) is 0 Å². The van der Waals surface area contributed by atoms with Gasteiger partial charge in [-0.2, -0.15) is 0 Å². The van der Waals surface area contributed by atoms with Crippen molar-refractivity contribution in [3.63, 3.8) is 0 Å². The predicted octanol–water partition coefficient (Wildman–Crippen LogP) is 7.56. The van der Waals surface area contributed by atoms with Crippen molar-refractivity contribution in [1.82, 2.24) is 10.9 Å². The van der Waals surface area contributed by atoms with Gasteiger partial charge in [-0.15, -0.1) is 0 Å². The van der Waals surface area contributed by atoms with E-state index in [0.717, 1.165) is 16.7 Å². The summed E-state index contributed by atoms with van der Waals surface area (Å²) in [6, 6.07) is 40.1. The zero-order valence-electron chi connectivity index (χ0n) is 30.6. The van der Waals surface area contributed by atoms with E-state index in [-0.39, 0.29) is 13.0 Å². The third-order valence-electron chi connectivity index (χ3n) is 9.15. The number of aliphatic hydroxyl groups is 1. The third-order valence-corrected chi connectivity index (χ3v) is 9.15. The fourth-order valence-electron chi connectivity index (χ4n) is 6.11. The molecule has 1 heterocycles. The molecular formula is C43H44N6O6. The van der Waals surface area contributed by atoms with Crippen LogP contribution in [0.3, 0.4) is 0 Å². The number of hydrazine groups is 1. The molecular weight excluding hydrogens is 697 g/mol. The Labute approximate surface area is 320 Å². The Kier molecular flexibility index (Phi) is 13.4. The molecule has 12 heteroatoms. The molecule has 1 amide bonds. The Balaban J connectivity index is 1.16. The molecule has 12 nitrogen and oxygen atoms in total. The van der Waals surface area contributed by atoms with Gasteiger partial charge in [0.2, 0.25) is 5.90 Å². The molecule has 0 spiro atoms. The average Bonchev–Trinajstić information content (AvgIpc) is 3.56. The first-order valence-corrected chi connectivity index (χ1v) is 18.2. The molecule has 0 radical (unpaired) electrons. The standard InChI is InChI=1S/C43H44N6O6/c1-31-43(28-36-15-8-9-16-38(36)47-49-44,46-41(55-31)35-18-20-37(21-19-35)52-26-10-25-50)42(51)48-45-24-23-32-17-22-39(53-29-33-11-4-2-5-12-33)40(27-32)54-30-34-13-6-3-7-14-34/h2-9,11-22,27,31,45,50H,10,23-26,28-30H2,1H3,(H,48,51)/t31-,43-/m0/s1. The van der Waals surface area contributed by atoms with Crippen LogP contribution in [0.1, 0.15) is 41.2 Å². The zero-order valence-corrected chi connectivity index (χ0v) is 30.6. The molecule has 0 fully saturated rings. The number of hydrogen-bond donors (Lipinski definition) is 3. The Hall–Kier alpha value is -6.33. The number of nitrogens with zero attached hydrogens (tertiary/aromatic N) is 4. The van der Waals surface area contributed by atoms with Gasteiger partial charge in [0.05, 0.1) is 6.61 Å². The van der Waals surface area contributed by atoms with Gasteiger partial charge in [-0.1, -0.05) is 96.1 Å². The van der Waals surface area contributed by atoms with Crippen LogP contribution in [-0.2, 0) is 35.6 Å². The van der Waals surface area contributed by atoms with Crippen LogP contribution >= 0.6 is 0 Å². The molecule has 0 saturated heterocycles. The number of aliphatic imine (C=N–C) groups is 1. The summed E-state index contributed by atoms with van der Waals surface area (Å²) in [6.45, 7) is 3.44.